The number of carbonyl (C=O) groups is 1. The SMILES string of the molecule is O=C(CC1CCCCCC1)NCCOCCCl. The normalized spacial score (nSPS) is 17.7. The molecule has 17 heavy (non-hydrogen) atoms. The maximum Gasteiger partial charge on any atom is 0.220 e. The molecule has 0 aliphatic heterocycles. The number of halogens is 1. The predicted octanol–water partition coefficient (Wildman–Crippen LogP) is 2.72. The smallest absolute Gasteiger partial charge is 0.220 e. The van der Waals surface area contributed by atoms with Crippen LogP contribution in [0, 0.1) is 5.92 Å². The van der Waals surface area contributed by atoms with E-state index in [0.29, 0.717) is 38.0 Å². The maximum atomic E-state index is 11.7. The van der Waals surface area contributed by atoms with Gasteiger partial charge in [-0.05, 0) is 18.8 Å². The fourth-order valence-electron chi connectivity index (χ4n) is 2.32. The molecule has 3 nitrogen and oxygen atoms in total. The van der Waals surface area contributed by atoms with Gasteiger partial charge in [-0.3, -0.25) is 4.79 Å². The van der Waals surface area contributed by atoms with E-state index in [-0.39, 0.29) is 5.91 Å². The zero-order chi connectivity index (χ0) is 12.3. The van der Waals surface area contributed by atoms with Gasteiger partial charge in [0.05, 0.1) is 13.2 Å². The lowest BCUT2D eigenvalue weighted by molar-refractivity contribution is -0.122. The molecule has 1 aliphatic carbocycles. The zero-order valence-electron chi connectivity index (χ0n) is 10.5. The minimum Gasteiger partial charge on any atom is -0.378 e. The van der Waals surface area contributed by atoms with E-state index in [1.54, 1.807) is 0 Å². The van der Waals surface area contributed by atoms with Crippen LogP contribution < -0.4 is 5.32 Å². The van der Waals surface area contributed by atoms with Gasteiger partial charge in [0, 0.05) is 18.8 Å². The van der Waals surface area contributed by atoms with E-state index in [1.165, 1.54) is 38.5 Å². The zero-order valence-corrected chi connectivity index (χ0v) is 11.3. The third kappa shape index (κ3) is 7.61. The highest BCUT2D eigenvalue weighted by atomic mass is 35.5. The molecule has 0 heterocycles. The molecular formula is C13H24ClNO2. The van der Waals surface area contributed by atoms with Crippen molar-refractivity contribution in [3.63, 3.8) is 0 Å². The molecular weight excluding hydrogens is 238 g/mol. The molecule has 0 spiro atoms. The average Bonchev–Trinajstić information content (AvgIpc) is 2.57. The highest BCUT2D eigenvalue weighted by Gasteiger charge is 2.15. The lowest BCUT2D eigenvalue weighted by Gasteiger charge is -2.13. The molecule has 4 heteroatoms. The summed E-state index contributed by atoms with van der Waals surface area (Å²) in [5.41, 5.74) is 0. The second-order valence-corrected chi connectivity index (χ2v) is 5.09. The van der Waals surface area contributed by atoms with Crippen molar-refractivity contribution in [2.75, 3.05) is 25.6 Å². The Kier molecular flexibility index (Phi) is 8.45. The van der Waals surface area contributed by atoms with E-state index in [4.69, 9.17) is 16.3 Å². The Labute approximate surface area is 109 Å². The molecule has 1 fully saturated rings. The van der Waals surface area contributed by atoms with E-state index in [1.807, 2.05) is 0 Å². The van der Waals surface area contributed by atoms with Crippen LogP contribution in [0.25, 0.3) is 0 Å². The first-order valence-corrected chi connectivity index (χ1v) is 7.27. The summed E-state index contributed by atoms with van der Waals surface area (Å²) in [6.45, 7) is 1.71. The molecule has 0 unspecified atom stereocenters. The van der Waals surface area contributed by atoms with Gasteiger partial charge in [0.15, 0.2) is 0 Å². The first-order valence-electron chi connectivity index (χ1n) is 6.73. The van der Waals surface area contributed by atoms with Gasteiger partial charge in [-0.15, -0.1) is 11.6 Å². The van der Waals surface area contributed by atoms with Crippen LogP contribution in [0.5, 0.6) is 0 Å². The number of carbonyl (C=O) groups excluding carboxylic acids is 1. The number of alkyl halides is 1. The van der Waals surface area contributed by atoms with Gasteiger partial charge in [0.1, 0.15) is 0 Å². The Morgan fingerprint density at radius 2 is 1.88 bits per heavy atom. The average molecular weight is 262 g/mol. The second-order valence-electron chi connectivity index (χ2n) is 4.71. The standard InChI is InChI=1S/C13H24ClNO2/c14-7-9-17-10-8-15-13(16)11-12-5-3-1-2-4-6-12/h12H,1-11H2,(H,15,16). The first-order chi connectivity index (χ1) is 8.33. The van der Waals surface area contributed by atoms with Gasteiger partial charge in [0.2, 0.25) is 5.91 Å². The fraction of sp³-hybridized carbons (Fsp3) is 0.923. The lowest BCUT2D eigenvalue weighted by Crippen LogP contribution is -2.29. The molecule has 0 aromatic rings. The molecule has 1 amide bonds. The molecule has 1 saturated carbocycles. The van der Waals surface area contributed by atoms with Crippen molar-refractivity contribution in [1.82, 2.24) is 5.32 Å². The number of amides is 1. The van der Waals surface area contributed by atoms with E-state index >= 15 is 0 Å². The molecule has 1 aliphatic rings. The molecule has 0 aromatic carbocycles. The van der Waals surface area contributed by atoms with Gasteiger partial charge >= 0.3 is 0 Å². The van der Waals surface area contributed by atoms with E-state index in [9.17, 15) is 4.79 Å². The van der Waals surface area contributed by atoms with E-state index < -0.39 is 0 Å². The van der Waals surface area contributed by atoms with Crippen molar-refractivity contribution in [2.24, 2.45) is 5.92 Å². The minimum atomic E-state index is 0.173. The molecule has 0 atom stereocenters. The lowest BCUT2D eigenvalue weighted by atomic mass is 9.96. The van der Waals surface area contributed by atoms with Crippen molar-refractivity contribution < 1.29 is 9.53 Å². The number of rotatable bonds is 7. The van der Waals surface area contributed by atoms with Crippen molar-refractivity contribution in [3.05, 3.63) is 0 Å². The predicted molar refractivity (Wildman–Crippen MR) is 70.4 cm³/mol. The Morgan fingerprint density at radius 1 is 1.18 bits per heavy atom. The molecule has 0 aromatic heterocycles. The van der Waals surface area contributed by atoms with Gasteiger partial charge in [-0.1, -0.05) is 25.7 Å². The molecule has 100 valence electrons. The third-order valence-corrected chi connectivity index (χ3v) is 3.39. The highest BCUT2D eigenvalue weighted by molar-refractivity contribution is 6.17. The second kappa shape index (κ2) is 9.72. The van der Waals surface area contributed by atoms with Crippen LogP contribution >= 0.6 is 11.6 Å². The number of hydrogen-bond donors (Lipinski definition) is 1. The van der Waals surface area contributed by atoms with Crippen molar-refractivity contribution in [1.29, 1.82) is 0 Å². The van der Waals surface area contributed by atoms with Crippen LogP contribution in [0.4, 0.5) is 0 Å². The molecule has 1 rings (SSSR count). The molecule has 1 N–H and O–H groups in total. The van der Waals surface area contributed by atoms with E-state index in [2.05, 4.69) is 5.32 Å². The summed E-state index contributed by atoms with van der Waals surface area (Å²) in [6.07, 6.45) is 8.38. The van der Waals surface area contributed by atoms with Crippen molar-refractivity contribution >= 4 is 17.5 Å². The minimum absolute atomic E-state index is 0.173. The Bertz CT molecular complexity index is 204. The van der Waals surface area contributed by atoms with Crippen LogP contribution in [-0.4, -0.2) is 31.5 Å². The summed E-state index contributed by atoms with van der Waals surface area (Å²) in [7, 11) is 0. The summed E-state index contributed by atoms with van der Waals surface area (Å²) in [4.78, 5) is 11.7. The van der Waals surface area contributed by atoms with E-state index in [0.717, 1.165) is 0 Å². The maximum absolute atomic E-state index is 11.7. The van der Waals surface area contributed by atoms with Gasteiger partial charge in [-0.25, -0.2) is 0 Å². The first kappa shape index (κ1) is 14.8. The molecule has 0 bridgehead atoms. The number of ether oxygens (including phenoxy) is 1. The molecule has 0 saturated heterocycles. The van der Waals surface area contributed by atoms with Crippen LogP contribution in [0.3, 0.4) is 0 Å². The summed E-state index contributed by atoms with van der Waals surface area (Å²) >= 11 is 5.47. The Hall–Kier alpha value is -0.280. The van der Waals surface area contributed by atoms with Gasteiger partial charge in [-0.2, -0.15) is 0 Å². The highest BCUT2D eigenvalue weighted by Crippen LogP contribution is 2.25. The Balaban J connectivity index is 2.03. The monoisotopic (exact) mass is 261 g/mol. The fourth-order valence-corrected chi connectivity index (χ4v) is 2.43. The van der Waals surface area contributed by atoms with Crippen molar-refractivity contribution in [2.45, 2.75) is 44.9 Å². The number of nitrogens with one attached hydrogen (secondary N) is 1. The molecule has 0 radical (unpaired) electrons. The summed E-state index contributed by atoms with van der Waals surface area (Å²) in [5, 5.41) is 2.90. The van der Waals surface area contributed by atoms with Crippen LogP contribution in [-0.2, 0) is 9.53 Å². The van der Waals surface area contributed by atoms with Gasteiger partial charge in [0.25, 0.3) is 0 Å². The topological polar surface area (TPSA) is 38.3 Å². The summed E-state index contributed by atoms with van der Waals surface area (Å²) < 4.78 is 5.20. The van der Waals surface area contributed by atoms with Crippen molar-refractivity contribution in [3.8, 4) is 0 Å². The quantitative estimate of drug-likeness (QED) is 0.435. The number of hydrogen-bond acceptors (Lipinski definition) is 2. The van der Waals surface area contributed by atoms with Crippen LogP contribution in [0.2, 0.25) is 0 Å². The largest absolute Gasteiger partial charge is 0.378 e. The Morgan fingerprint density at radius 3 is 2.53 bits per heavy atom. The summed E-state index contributed by atoms with van der Waals surface area (Å²) in [6, 6.07) is 0. The van der Waals surface area contributed by atoms with Crippen LogP contribution in [0.1, 0.15) is 44.9 Å². The van der Waals surface area contributed by atoms with Crippen LogP contribution in [0.15, 0.2) is 0 Å². The summed E-state index contributed by atoms with van der Waals surface area (Å²) in [5.74, 6) is 1.28. The van der Waals surface area contributed by atoms with Gasteiger partial charge < -0.3 is 10.1 Å². The third-order valence-electron chi connectivity index (χ3n) is 3.24.